The van der Waals surface area contributed by atoms with Crippen LogP contribution in [0.25, 0.3) is 0 Å². The minimum atomic E-state index is -0.276. The van der Waals surface area contributed by atoms with Crippen LogP contribution in [0.2, 0.25) is 0 Å². The molecule has 2 rings (SSSR count). The van der Waals surface area contributed by atoms with Crippen LogP contribution in [-0.4, -0.2) is 14.8 Å². The van der Waals surface area contributed by atoms with Crippen LogP contribution in [-0.2, 0) is 5.54 Å². The molecule has 5 nitrogen and oxygen atoms in total. The molecule has 0 bridgehead atoms. The molecule has 6 heteroatoms. The van der Waals surface area contributed by atoms with Crippen molar-refractivity contribution in [1.29, 1.82) is 0 Å². The van der Waals surface area contributed by atoms with Gasteiger partial charge in [0.2, 0.25) is 0 Å². The van der Waals surface area contributed by atoms with Crippen LogP contribution >= 0.6 is 11.3 Å². The Hall–Kier alpha value is -1.56. The summed E-state index contributed by atoms with van der Waals surface area (Å²) in [4.78, 5) is 4.38. The lowest BCUT2D eigenvalue weighted by molar-refractivity contribution is 0.516. The summed E-state index contributed by atoms with van der Waals surface area (Å²) in [6.07, 6.45) is 1.82. The van der Waals surface area contributed by atoms with Crippen molar-refractivity contribution in [3.8, 4) is 0 Å². The third kappa shape index (κ3) is 2.58. The second kappa shape index (κ2) is 4.85. The molecule has 0 aliphatic carbocycles. The predicted octanol–water partition coefficient (Wildman–Crippen LogP) is 3.16. The highest BCUT2D eigenvalue weighted by atomic mass is 32.1. The number of nitrogens with one attached hydrogen (secondary N) is 1. The van der Waals surface area contributed by atoms with E-state index < -0.39 is 0 Å². The molecule has 19 heavy (non-hydrogen) atoms. The highest BCUT2D eigenvalue weighted by Crippen LogP contribution is 2.32. The van der Waals surface area contributed by atoms with Gasteiger partial charge in [0.15, 0.2) is 0 Å². The molecule has 0 aromatic carbocycles. The monoisotopic (exact) mass is 279 g/mol. The molecule has 0 fully saturated rings. The van der Waals surface area contributed by atoms with Crippen molar-refractivity contribution in [2.24, 2.45) is 0 Å². The number of nitrogens with two attached hydrogens (primary N) is 1. The van der Waals surface area contributed by atoms with Gasteiger partial charge in [-0.15, -0.1) is 11.3 Å². The van der Waals surface area contributed by atoms with Gasteiger partial charge < -0.3 is 11.1 Å². The first-order valence-corrected chi connectivity index (χ1v) is 7.23. The van der Waals surface area contributed by atoms with E-state index in [1.807, 2.05) is 23.2 Å². The van der Waals surface area contributed by atoms with Crippen LogP contribution in [0.5, 0.6) is 0 Å². The average Bonchev–Trinajstić information content (AvgIpc) is 2.93. The molecular weight excluding hydrogens is 258 g/mol. The summed E-state index contributed by atoms with van der Waals surface area (Å²) in [5.41, 5.74) is 7.42. The molecule has 0 saturated carbocycles. The SMILES string of the molecule is Cc1nn(C(C)C)c(NC(C)(C)c2nccs2)c1N. The number of anilines is 2. The second-order valence-corrected chi connectivity index (χ2v) is 6.37. The Balaban J connectivity index is 2.38. The van der Waals surface area contributed by atoms with E-state index in [-0.39, 0.29) is 11.6 Å². The van der Waals surface area contributed by atoms with E-state index in [9.17, 15) is 0 Å². The maximum absolute atomic E-state index is 6.14. The number of nitrogens with zero attached hydrogens (tertiary/aromatic N) is 3. The van der Waals surface area contributed by atoms with Crippen molar-refractivity contribution < 1.29 is 0 Å². The lowest BCUT2D eigenvalue weighted by atomic mass is 10.1. The Morgan fingerprint density at radius 2 is 2.11 bits per heavy atom. The highest BCUT2D eigenvalue weighted by Gasteiger charge is 2.27. The Bertz CT molecular complexity index is 554. The van der Waals surface area contributed by atoms with Crippen LogP contribution < -0.4 is 11.1 Å². The van der Waals surface area contributed by atoms with E-state index in [4.69, 9.17) is 5.73 Å². The lowest BCUT2D eigenvalue weighted by Crippen LogP contribution is -2.30. The molecule has 2 aromatic rings. The zero-order chi connectivity index (χ0) is 14.2. The fourth-order valence-electron chi connectivity index (χ4n) is 1.94. The van der Waals surface area contributed by atoms with Crippen LogP contribution in [0.1, 0.15) is 44.4 Å². The van der Waals surface area contributed by atoms with Crippen LogP contribution in [0, 0.1) is 6.92 Å². The maximum Gasteiger partial charge on any atom is 0.149 e. The fraction of sp³-hybridized carbons (Fsp3) is 0.538. The van der Waals surface area contributed by atoms with Gasteiger partial charge in [-0.05, 0) is 34.6 Å². The Kier molecular flexibility index (Phi) is 3.54. The number of hydrogen-bond donors (Lipinski definition) is 2. The molecule has 104 valence electrons. The largest absolute Gasteiger partial charge is 0.394 e. The summed E-state index contributed by atoms with van der Waals surface area (Å²) in [6.45, 7) is 10.3. The summed E-state index contributed by atoms with van der Waals surface area (Å²) in [6, 6.07) is 0.255. The third-order valence-electron chi connectivity index (χ3n) is 3.02. The van der Waals surface area contributed by atoms with E-state index in [0.717, 1.165) is 16.5 Å². The molecule has 0 unspecified atom stereocenters. The van der Waals surface area contributed by atoms with E-state index in [1.165, 1.54) is 0 Å². The standard InChI is InChI=1S/C13H21N5S/c1-8(2)18-11(10(14)9(3)17-18)16-13(4,5)12-15-6-7-19-12/h6-8,16H,14H2,1-5H3. The molecule has 0 aliphatic rings. The summed E-state index contributed by atoms with van der Waals surface area (Å²) >= 11 is 1.63. The maximum atomic E-state index is 6.14. The number of aryl methyl sites for hydroxylation is 1. The number of aromatic nitrogens is 3. The van der Waals surface area contributed by atoms with Crippen molar-refractivity contribution in [1.82, 2.24) is 14.8 Å². The normalized spacial score (nSPS) is 12.1. The topological polar surface area (TPSA) is 68.8 Å². The van der Waals surface area contributed by atoms with E-state index in [0.29, 0.717) is 5.69 Å². The van der Waals surface area contributed by atoms with Gasteiger partial charge in [0.05, 0.1) is 16.9 Å². The van der Waals surface area contributed by atoms with Crippen molar-refractivity contribution in [2.75, 3.05) is 11.1 Å². The first-order chi connectivity index (χ1) is 8.83. The van der Waals surface area contributed by atoms with Crippen molar-refractivity contribution in [2.45, 2.75) is 46.2 Å². The minimum absolute atomic E-state index is 0.255. The smallest absolute Gasteiger partial charge is 0.149 e. The predicted molar refractivity (Wildman–Crippen MR) is 80.5 cm³/mol. The van der Waals surface area contributed by atoms with Gasteiger partial charge in [-0.25, -0.2) is 9.67 Å². The Morgan fingerprint density at radius 3 is 2.63 bits per heavy atom. The van der Waals surface area contributed by atoms with E-state index in [1.54, 1.807) is 11.3 Å². The number of thiazole rings is 1. The number of nitrogen functional groups attached to an aromatic ring is 1. The highest BCUT2D eigenvalue weighted by molar-refractivity contribution is 7.09. The zero-order valence-corrected chi connectivity index (χ0v) is 12.9. The molecule has 2 aromatic heterocycles. The molecular formula is C13H21N5S. The molecule has 0 amide bonds. The average molecular weight is 279 g/mol. The van der Waals surface area contributed by atoms with Crippen LogP contribution in [0.15, 0.2) is 11.6 Å². The summed E-state index contributed by atoms with van der Waals surface area (Å²) in [5, 5.41) is 11.0. The fourth-order valence-corrected chi connectivity index (χ4v) is 2.66. The molecule has 0 atom stereocenters. The molecule has 0 spiro atoms. The molecule has 0 radical (unpaired) electrons. The quantitative estimate of drug-likeness (QED) is 0.902. The first kappa shape index (κ1) is 13.9. The minimum Gasteiger partial charge on any atom is -0.394 e. The molecule has 0 saturated heterocycles. The van der Waals surface area contributed by atoms with Crippen molar-refractivity contribution in [3.05, 3.63) is 22.3 Å². The molecule has 3 N–H and O–H groups in total. The van der Waals surface area contributed by atoms with Gasteiger partial charge in [0.1, 0.15) is 10.8 Å². The van der Waals surface area contributed by atoms with Crippen molar-refractivity contribution >= 4 is 22.8 Å². The molecule has 0 aliphatic heterocycles. The van der Waals surface area contributed by atoms with E-state index >= 15 is 0 Å². The van der Waals surface area contributed by atoms with Gasteiger partial charge in [-0.3, -0.25) is 0 Å². The second-order valence-electron chi connectivity index (χ2n) is 5.47. The number of rotatable bonds is 4. The summed E-state index contributed by atoms with van der Waals surface area (Å²) in [5.74, 6) is 0.868. The van der Waals surface area contributed by atoms with Crippen LogP contribution in [0.3, 0.4) is 0 Å². The third-order valence-corrected chi connectivity index (χ3v) is 4.12. The van der Waals surface area contributed by atoms with Crippen LogP contribution in [0.4, 0.5) is 11.5 Å². The lowest BCUT2D eigenvalue weighted by Gasteiger charge is -2.26. The first-order valence-electron chi connectivity index (χ1n) is 6.35. The molecule has 2 heterocycles. The summed E-state index contributed by atoms with van der Waals surface area (Å²) in [7, 11) is 0. The van der Waals surface area contributed by atoms with Gasteiger partial charge >= 0.3 is 0 Å². The van der Waals surface area contributed by atoms with Gasteiger partial charge in [-0.2, -0.15) is 5.10 Å². The number of hydrogen-bond acceptors (Lipinski definition) is 5. The van der Waals surface area contributed by atoms with Gasteiger partial charge in [-0.1, -0.05) is 0 Å². The zero-order valence-electron chi connectivity index (χ0n) is 12.1. The van der Waals surface area contributed by atoms with Gasteiger partial charge in [0.25, 0.3) is 0 Å². The van der Waals surface area contributed by atoms with Gasteiger partial charge in [0, 0.05) is 17.6 Å². The Morgan fingerprint density at radius 1 is 1.42 bits per heavy atom. The summed E-state index contributed by atoms with van der Waals surface area (Å²) < 4.78 is 1.93. The van der Waals surface area contributed by atoms with E-state index in [2.05, 4.69) is 43.1 Å². The van der Waals surface area contributed by atoms with Crippen molar-refractivity contribution in [3.63, 3.8) is 0 Å². The Labute approximate surface area is 117 Å².